The Morgan fingerprint density at radius 3 is 1.48 bits per heavy atom. The van der Waals surface area contributed by atoms with Crippen LogP contribution in [0, 0.1) is 92.7 Å². The van der Waals surface area contributed by atoms with Gasteiger partial charge in [0.2, 0.25) is 0 Å². The number of rotatable bonds is 28. The molecule has 0 bridgehead atoms. The van der Waals surface area contributed by atoms with Crippen LogP contribution in [-0.2, 0) is 51.7 Å². The van der Waals surface area contributed by atoms with E-state index in [1.165, 1.54) is 101 Å². The summed E-state index contributed by atoms with van der Waals surface area (Å²) in [5.74, 6) is 6.46. The van der Waals surface area contributed by atoms with Crippen molar-refractivity contribution in [3.05, 3.63) is 23.3 Å². The first-order valence-electron chi connectivity index (χ1n) is 34.1. The molecule has 0 aromatic carbocycles. The molecule has 0 spiro atoms. The average Bonchev–Trinajstić information content (AvgIpc) is 2.07. The van der Waals surface area contributed by atoms with Gasteiger partial charge in [0.1, 0.15) is 32.0 Å². The van der Waals surface area contributed by atoms with Gasteiger partial charge in [0.05, 0.1) is 53.4 Å². The van der Waals surface area contributed by atoms with Crippen molar-refractivity contribution in [3.63, 3.8) is 0 Å². The summed E-state index contributed by atoms with van der Waals surface area (Å²) in [5, 5.41) is 0. The van der Waals surface area contributed by atoms with Crippen LogP contribution < -0.4 is 4.89 Å². The van der Waals surface area contributed by atoms with Gasteiger partial charge in [-0.05, 0) is 183 Å². The van der Waals surface area contributed by atoms with Crippen LogP contribution in [0.25, 0.3) is 0 Å². The highest BCUT2D eigenvalue weighted by Gasteiger charge is 2.61. The number of ether oxygens (including phenoxy) is 4. The van der Waals surface area contributed by atoms with Gasteiger partial charge in [-0.15, -0.1) is 0 Å². The molecular weight excluding hydrogens is 1080 g/mol. The molecule has 0 radical (unpaired) electrons. The molecule has 8 aliphatic rings. The number of esters is 4. The maximum atomic E-state index is 13.4. The first kappa shape index (κ1) is 67.4. The summed E-state index contributed by atoms with van der Waals surface area (Å²) < 4.78 is 46.6. The van der Waals surface area contributed by atoms with Crippen LogP contribution in [0.2, 0.25) is 0 Å². The number of hydrogen-bond donors (Lipinski definition) is 0. The van der Waals surface area contributed by atoms with Gasteiger partial charge in [0.25, 0.3) is 7.82 Å². The van der Waals surface area contributed by atoms with Crippen molar-refractivity contribution in [3.8, 4) is 0 Å². The van der Waals surface area contributed by atoms with Crippen LogP contribution in [0.4, 0.5) is 0 Å². The molecule has 3 unspecified atom stereocenters. The third kappa shape index (κ3) is 16.1. The molecule has 8 rings (SSSR count). The van der Waals surface area contributed by atoms with Crippen molar-refractivity contribution in [2.45, 2.75) is 254 Å². The summed E-state index contributed by atoms with van der Waals surface area (Å²) in [6, 6.07) is 0. The van der Waals surface area contributed by atoms with E-state index in [1.54, 1.807) is 0 Å². The van der Waals surface area contributed by atoms with Crippen LogP contribution in [0.1, 0.15) is 236 Å². The van der Waals surface area contributed by atoms with E-state index >= 15 is 0 Å². The standard InChI is InChI=1S/C70H116NO12P/c1-46(2)16-14-18-48(5)57-24-26-59-55-22-20-50-42-52(32-36-67(50,7)61(55)34-38-69(57,59)9)81-64(73)29-28-63(72)78-44-54(45-80-84(76,77)79-41-40-71(11,12)13)83-66(75)31-30-65(74)82-53-33-37-68(8)51(43-53)21-23-56-60-27-25-58(49(6)19-15-17-47(3)4)70(60,10)39-35-62(56)68/h20-21,46-49,52-62H,14-19,22-45H2,1-13H3/t48-,49-,52?,53?,54-,55+,56+,57-,58-,59+,60+,61+,62+,67+,68+,69-,70-/m1/s1. The summed E-state index contributed by atoms with van der Waals surface area (Å²) in [6.45, 7) is 23.7. The Morgan fingerprint density at radius 2 is 1.02 bits per heavy atom. The van der Waals surface area contributed by atoms with E-state index in [4.69, 9.17) is 28.0 Å². The monoisotopic (exact) mass is 1190 g/mol. The van der Waals surface area contributed by atoms with Gasteiger partial charge < -0.3 is 37.4 Å². The van der Waals surface area contributed by atoms with Gasteiger partial charge in [0.15, 0.2) is 6.10 Å². The fourth-order valence-corrected chi connectivity index (χ4v) is 20.4. The Hall–Kier alpha value is -2.57. The molecule has 0 saturated heterocycles. The van der Waals surface area contributed by atoms with Crippen molar-refractivity contribution in [1.29, 1.82) is 0 Å². The van der Waals surface area contributed by atoms with E-state index in [9.17, 15) is 28.6 Å². The number of phosphoric ester groups is 1. The van der Waals surface area contributed by atoms with Gasteiger partial charge in [-0.2, -0.15) is 0 Å². The Balaban J connectivity index is 0.781. The second-order valence-corrected chi connectivity index (χ2v) is 33.1. The van der Waals surface area contributed by atoms with E-state index < -0.39 is 51.0 Å². The predicted molar refractivity (Wildman–Crippen MR) is 328 cm³/mol. The lowest BCUT2D eigenvalue weighted by Gasteiger charge is -2.58. The maximum Gasteiger partial charge on any atom is 0.306 e. The Kier molecular flexibility index (Phi) is 22.5. The molecule has 6 saturated carbocycles. The Labute approximate surface area is 508 Å². The summed E-state index contributed by atoms with van der Waals surface area (Å²) in [7, 11) is 0.853. The van der Waals surface area contributed by atoms with Crippen molar-refractivity contribution in [2.75, 3.05) is 47.5 Å². The van der Waals surface area contributed by atoms with E-state index in [1.807, 2.05) is 21.1 Å². The molecule has 0 aromatic rings. The van der Waals surface area contributed by atoms with Crippen LogP contribution >= 0.6 is 7.82 Å². The Morgan fingerprint density at radius 1 is 0.571 bits per heavy atom. The van der Waals surface area contributed by atoms with Crippen LogP contribution in [0.5, 0.6) is 0 Å². The number of allylic oxidation sites excluding steroid dienone is 2. The highest BCUT2D eigenvalue weighted by molar-refractivity contribution is 7.45. The number of fused-ring (bicyclic) bond motifs is 10. The average molecular weight is 1190 g/mol. The zero-order valence-electron chi connectivity index (χ0n) is 54.8. The third-order valence-corrected chi connectivity index (χ3v) is 25.3. The lowest BCUT2D eigenvalue weighted by atomic mass is 9.47. The molecule has 0 N–H and O–H groups in total. The number of hydrogen-bond acceptors (Lipinski definition) is 12. The molecular formula is C70H116NO12P. The number of nitrogens with zero attached hydrogens (tertiary/aromatic N) is 1. The molecule has 0 aromatic heterocycles. The molecule has 14 heteroatoms. The quantitative estimate of drug-likeness (QED) is 0.0240. The zero-order valence-corrected chi connectivity index (χ0v) is 55.7. The molecule has 0 heterocycles. The van der Waals surface area contributed by atoms with Crippen LogP contribution in [-0.4, -0.2) is 94.2 Å². The lowest BCUT2D eigenvalue weighted by molar-refractivity contribution is -0.870. The molecule has 8 aliphatic carbocycles. The fourth-order valence-electron chi connectivity index (χ4n) is 19.7. The summed E-state index contributed by atoms with van der Waals surface area (Å²) in [5.41, 5.74) is 3.91. The molecule has 13 nitrogen and oxygen atoms in total. The summed E-state index contributed by atoms with van der Waals surface area (Å²) >= 11 is 0. The minimum Gasteiger partial charge on any atom is -0.756 e. The summed E-state index contributed by atoms with van der Waals surface area (Å²) in [4.78, 5) is 65.9. The van der Waals surface area contributed by atoms with E-state index in [0.717, 1.165) is 92.3 Å². The van der Waals surface area contributed by atoms with Crippen LogP contribution in [0.15, 0.2) is 23.3 Å². The smallest absolute Gasteiger partial charge is 0.306 e. The number of carbonyl (C=O) groups is 4. The molecule has 478 valence electrons. The predicted octanol–water partition coefficient (Wildman–Crippen LogP) is 15.1. The van der Waals surface area contributed by atoms with Gasteiger partial charge in [-0.25, -0.2) is 0 Å². The van der Waals surface area contributed by atoms with Gasteiger partial charge >= 0.3 is 23.9 Å². The van der Waals surface area contributed by atoms with Crippen molar-refractivity contribution >= 4 is 31.7 Å². The number of likely N-dealkylation sites (N-methyl/N-ethyl adjacent to an activating group) is 1. The zero-order chi connectivity index (χ0) is 61.0. The third-order valence-electron chi connectivity index (χ3n) is 24.3. The molecule has 6 fully saturated rings. The van der Waals surface area contributed by atoms with Crippen molar-refractivity contribution in [1.82, 2.24) is 0 Å². The number of quaternary nitrogens is 1. The van der Waals surface area contributed by atoms with Gasteiger partial charge in [-0.1, -0.05) is 131 Å². The SMILES string of the molecule is CC(C)CCC[C@@H](C)[C@H]1CC[C@H]2[C@@H]3CC=C4CC(OC(=O)CCC(=O)OC[C@H](COP(=O)([O-])OCC[N+](C)(C)C)OC(=O)CCC(=O)OC5CC[C@@]6(C)C(=CC[C@H]7[C@@H]8CC[C@H]([C@H](C)CCCC(C)C)[C@@]8(C)CC[C@@H]76)C5)CC[C@]4(C)[C@H]3CC[C@]12C. The van der Waals surface area contributed by atoms with E-state index in [0.29, 0.717) is 52.0 Å². The Bertz CT molecular complexity index is 2380. The summed E-state index contributed by atoms with van der Waals surface area (Å²) in [6.07, 6.45) is 27.9. The van der Waals surface area contributed by atoms with Gasteiger partial charge in [0, 0.05) is 12.8 Å². The fraction of sp³-hybridized carbons (Fsp3) is 0.886. The highest BCUT2D eigenvalue weighted by atomic mass is 31.2. The number of carbonyl (C=O) groups excluding carboxylic acids is 4. The highest BCUT2D eigenvalue weighted by Crippen LogP contribution is 2.69. The van der Waals surface area contributed by atoms with Gasteiger partial charge in [-0.3, -0.25) is 23.7 Å². The second-order valence-electron chi connectivity index (χ2n) is 31.7. The molecule has 18 atom stereocenters. The first-order valence-corrected chi connectivity index (χ1v) is 35.5. The van der Waals surface area contributed by atoms with E-state index in [2.05, 4.69) is 81.4 Å². The normalized spacial score (nSPS) is 36.2. The largest absolute Gasteiger partial charge is 0.756 e. The van der Waals surface area contributed by atoms with Crippen molar-refractivity contribution in [2.24, 2.45) is 92.7 Å². The topological polar surface area (TPSA) is 164 Å². The minimum atomic E-state index is -4.84. The molecule has 84 heavy (non-hydrogen) atoms. The maximum absolute atomic E-state index is 13.4. The second kappa shape index (κ2) is 28.1. The van der Waals surface area contributed by atoms with E-state index in [-0.39, 0.29) is 55.3 Å². The van der Waals surface area contributed by atoms with Crippen molar-refractivity contribution < 1.29 is 61.1 Å². The minimum absolute atomic E-state index is 0.103. The van der Waals surface area contributed by atoms with Crippen LogP contribution in [0.3, 0.4) is 0 Å². The molecule has 0 amide bonds. The molecule has 0 aliphatic heterocycles. The first-order chi connectivity index (χ1) is 39.5. The lowest BCUT2D eigenvalue weighted by Crippen LogP contribution is -2.51. The number of phosphoric acid groups is 1.